The third-order valence-corrected chi connectivity index (χ3v) is 6.48. The number of rotatable bonds is 19. The van der Waals surface area contributed by atoms with Gasteiger partial charge in [-0.05, 0) is 45.1 Å². The molecule has 0 heterocycles. The van der Waals surface area contributed by atoms with Crippen LogP contribution in [0.15, 0.2) is 30.3 Å². The molecule has 0 aromatic heterocycles. The molecule has 0 radical (unpaired) electrons. The number of hydrogen-bond acceptors (Lipinski definition) is 9. The number of carboxylic acids is 2. The van der Waals surface area contributed by atoms with Gasteiger partial charge in [-0.3, -0.25) is 33.6 Å². The van der Waals surface area contributed by atoms with Gasteiger partial charge in [-0.25, -0.2) is 4.79 Å². The lowest BCUT2D eigenvalue weighted by molar-refractivity contribution is -0.139. The molecular weight excluding hydrogens is 620 g/mol. The Morgan fingerprint density at radius 2 is 1.15 bits per heavy atom. The largest absolute Gasteiger partial charge is 0.481 e. The minimum absolute atomic E-state index is 0.0975. The van der Waals surface area contributed by atoms with Crippen molar-refractivity contribution in [1.29, 1.82) is 0 Å². The summed E-state index contributed by atoms with van der Waals surface area (Å²) in [6, 6.07) is 2.76. The Balaban J connectivity index is 2.83. The third kappa shape index (κ3) is 16.1. The van der Waals surface area contributed by atoms with Crippen LogP contribution in [-0.2, 0) is 44.9 Å². The van der Waals surface area contributed by atoms with Gasteiger partial charge in [0.15, 0.2) is 0 Å². The number of nitrogens with one attached hydrogen (secondary N) is 6. The summed E-state index contributed by atoms with van der Waals surface area (Å²) in [5.74, 6) is -6.44. The average Bonchev–Trinajstić information content (AvgIpc) is 3.00. The maximum Gasteiger partial charge on any atom is 0.408 e. The molecule has 5 atom stereocenters. The molecule has 0 unspecified atom stereocenters. The molecule has 0 aliphatic heterocycles. The minimum atomic E-state index is -1.36. The number of aliphatic carboxylic acids is 2. The number of benzene rings is 1. The summed E-state index contributed by atoms with van der Waals surface area (Å²) >= 11 is 0. The summed E-state index contributed by atoms with van der Waals surface area (Å²) in [4.78, 5) is 97.7. The Hall–Kier alpha value is -5.22. The molecule has 0 aliphatic rings. The first-order chi connectivity index (χ1) is 22.0. The van der Waals surface area contributed by atoms with Gasteiger partial charge in [0.1, 0.15) is 43.4 Å². The van der Waals surface area contributed by atoms with Gasteiger partial charge in [0, 0.05) is 6.42 Å². The number of carbonyl (C=O) groups is 8. The van der Waals surface area contributed by atoms with E-state index in [4.69, 9.17) is 14.9 Å². The Kier molecular flexibility index (Phi) is 17.0. The van der Waals surface area contributed by atoms with Crippen LogP contribution in [-0.4, -0.2) is 94.5 Å². The number of carboxylic acid groups (broad SMARTS) is 2. The van der Waals surface area contributed by atoms with Crippen LogP contribution in [0.4, 0.5) is 4.79 Å². The van der Waals surface area contributed by atoms with Crippen molar-refractivity contribution >= 4 is 47.6 Å². The zero-order valence-electron chi connectivity index (χ0n) is 27.0. The molecule has 6 amide bonds. The summed E-state index contributed by atoms with van der Waals surface area (Å²) in [6.45, 7) is 6.83. The van der Waals surface area contributed by atoms with Crippen molar-refractivity contribution in [2.24, 2.45) is 5.92 Å². The van der Waals surface area contributed by atoms with E-state index in [1.54, 1.807) is 44.2 Å². The number of amides is 6. The van der Waals surface area contributed by atoms with Crippen molar-refractivity contribution in [3.63, 3.8) is 0 Å². The maximum absolute atomic E-state index is 13.2. The number of ether oxygens (including phenoxy) is 1. The van der Waals surface area contributed by atoms with Crippen LogP contribution in [0.25, 0.3) is 0 Å². The molecule has 0 fully saturated rings. The summed E-state index contributed by atoms with van der Waals surface area (Å²) in [5, 5.41) is 32.0. The van der Waals surface area contributed by atoms with Crippen molar-refractivity contribution < 1.29 is 53.3 Å². The van der Waals surface area contributed by atoms with Gasteiger partial charge >= 0.3 is 18.0 Å². The van der Waals surface area contributed by atoms with Crippen LogP contribution in [0, 0.1) is 5.92 Å². The molecule has 260 valence electrons. The lowest BCUT2D eigenvalue weighted by Crippen LogP contribution is -2.58. The first-order valence-corrected chi connectivity index (χ1v) is 14.9. The highest BCUT2D eigenvalue weighted by atomic mass is 16.5. The van der Waals surface area contributed by atoms with Crippen LogP contribution in [0.5, 0.6) is 0 Å². The zero-order chi connectivity index (χ0) is 35.7. The van der Waals surface area contributed by atoms with Crippen molar-refractivity contribution in [3.05, 3.63) is 35.9 Å². The van der Waals surface area contributed by atoms with Gasteiger partial charge in [0.25, 0.3) is 0 Å². The highest BCUT2D eigenvalue weighted by molar-refractivity contribution is 5.96. The van der Waals surface area contributed by atoms with E-state index in [0.717, 1.165) is 0 Å². The van der Waals surface area contributed by atoms with E-state index in [0.29, 0.717) is 5.56 Å². The molecule has 0 bridgehead atoms. The smallest absolute Gasteiger partial charge is 0.408 e. The molecule has 0 spiro atoms. The summed E-state index contributed by atoms with van der Waals surface area (Å²) in [5.41, 5.74) is 0.686. The monoisotopic (exact) mass is 664 g/mol. The third-order valence-electron chi connectivity index (χ3n) is 6.48. The number of carbonyl (C=O) groups excluding carboxylic acids is 6. The average molecular weight is 665 g/mol. The molecule has 0 saturated heterocycles. The van der Waals surface area contributed by atoms with E-state index in [-0.39, 0.29) is 25.4 Å². The molecule has 1 aromatic carbocycles. The van der Waals surface area contributed by atoms with Gasteiger partial charge in [-0.1, -0.05) is 44.2 Å². The van der Waals surface area contributed by atoms with E-state index in [1.165, 1.54) is 20.8 Å². The van der Waals surface area contributed by atoms with E-state index >= 15 is 0 Å². The van der Waals surface area contributed by atoms with Gasteiger partial charge in [-0.15, -0.1) is 0 Å². The fourth-order valence-electron chi connectivity index (χ4n) is 3.92. The van der Waals surface area contributed by atoms with E-state index in [1.807, 2.05) is 0 Å². The Bertz CT molecular complexity index is 1270. The van der Waals surface area contributed by atoms with E-state index < -0.39 is 90.7 Å². The second kappa shape index (κ2) is 20.0. The molecule has 0 saturated carbocycles. The van der Waals surface area contributed by atoms with Crippen molar-refractivity contribution in [3.8, 4) is 0 Å². The predicted molar refractivity (Wildman–Crippen MR) is 165 cm³/mol. The molecular formula is C30H44N6O11. The highest BCUT2D eigenvalue weighted by Gasteiger charge is 2.30. The maximum atomic E-state index is 13.2. The lowest BCUT2D eigenvalue weighted by atomic mass is 10.0. The van der Waals surface area contributed by atoms with Crippen LogP contribution in [0.3, 0.4) is 0 Å². The van der Waals surface area contributed by atoms with Crippen molar-refractivity contribution in [2.45, 2.75) is 90.7 Å². The predicted octanol–water partition coefficient (Wildman–Crippen LogP) is -0.608. The molecule has 0 aliphatic carbocycles. The number of hydrogen-bond donors (Lipinski definition) is 8. The molecule has 8 N–H and O–H groups in total. The van der Waals surface area contributed by atoms with Gasteiger partial charge in [0.2, 0.25) is 29.5 Å². The topological polar surface area (TPSA) is 258 Å². The first-order valence-electron chi connectivity index (χ1n) is 14.9. The molecule has 17 heteroatoms. The minimum Gasteiger partial charge on any atom is -0.481 e. The normalized spacial score (nSPS) is 13.8. The molecule has 1 aromatic rings. The highest BCUT2D eigenvalue weighted by Crippen LogP contribution is 2.08. The van der Waals surface area contributed by atoms with E-state index in [2.05, 4.69) is 31.9 Å². The summed E-state index contributed by atoms with van der Waals surface area (Å²) in [7, 11) is 0. The van der Waals surface area contributed by atoms with Crippen LogP contribution in [0.2, 0.25) is 0 Å². The SMILES string of the molecule is CC(C)C[C@H](NC(=O)[C@H](CCC(=O)O)NC(=O)OCc1ccccc1)C(=O)N[C@@H](C)C(=O)N[C@@H](C)C(=O)N[C@@H](C)C(=O)NCC(=O)O. The standard InChI is InChI=1S/C30H44N6O11/c1-16(2)13-22(35-28(44)21(11-12-23(37)38)36-30(46)47-15-20-9-7-6-8-10-20)29(45)34-19(5)27(43)33-18(4)26(42)32-17(3)25(41)31-14-24(39)40/h6-10,16-19,21-22H,11-15H2,1-5H3,(H,31,41)(H,32,42)(H,33,43)(H,34,45)(H,35,44)(H,36,46)(H,37,38)(H,39,40)/t17-,18-,19-,21-,22-/m0/s1. The van der Waals surface area contributed by atoms with Gasteiger partial charge < -0.3 is 46.9 Å². The second-order valence-electron chi connectivity index (χ2n) is 11.2. The van der Waals surface area contributed by atoms with Gasteiger partial charge in [-0.2, -0.15) is 0 Å². The van der Waals surface area contributed by atoms with E-state index in [9.17, 15) is 38.4 Å². The quantitative estimate of drug-likeness (QED) is 0.0925. The summed E-state index contributed by atoms with van der Waals surface area (Å²) < 4.78 is 5.14. The molecule has 1 rings (SSSR count). The second-order valence-corrected chi connectivity index (χ2v) is 11.2. The Labute approximate surface area is 271 Å². The Morgan fingerprint density at radius 3 is 1.66 bits per heavy atom. The number of alkyl carbamates (subject to hydrolysis) is 1. The van der Waals surface area contributed by atoms with Crippen LogP contribution >= 0.6 is 0 Å². The summed E-state index contributed by atoms with van der Waals surface area (Å²) in [6.07, 6.45) is -1.61. The molecule has 17 nitrogen and oxygen atoms in total. The van der Waals surface area contributed by atoms with Crippen LogP contribution < -0.4 is 31.9 Å². The molecule has 47 heavy (non-hydrogen) atoms. The van der Waals surface area contributed by atoms with Crippen molar-refractivity contribution in [2.75, 3.05) is 6.54 Å². The fourth-order valence-corrected chi connectivity index (χ4v) is 3.92. The zero-order valence-corrected chi connectivity index (χ0v) is 27.0. The Morgan fingerprint density at radius 1 is 0.638 bits per heavy atom. The lowest BCUT2D eigenvalue weighted by Gasteiger charge is -2.25. The van der Waals surface area contributed by atoms with Crippen molar-refractivity contribution in [1.82, 2.24) is 31.9 Å². The van der Waals surface area contributed by atoms with Gasteiger partial charge in [0.05, 0.1) is 0 Å². The fraction of sp³-hybridized carbons (Fsp3) is 0.533. The van der Waals surface area contributed by atoms with Crippen LogP contribution in [0.1, 0.15) is 59.4 Å². The first kappa shape index (κ1) is 39.8.